The summed E-state index contributed by atoms with van der Waals surface area (Å²) in [7, 11) is 1.49. The summed E-state index contributed by atoms with van der Waals surface area (Å²) in [5.74, 6) is -0.0513. The summed E-state index contributed by atoms with van der Waals surface area (Å²) in [6.45, 7) is 0.627. The lowest BCUT2D eigenvalue weighted by molar-refractivity contribution is -0.127. The monoisotopic (exact) mass is 272 g/mol. The number of ketones is 1. The number of hydrogen-bond acceptors (Lipinski definition) is 3. The molecule has 0 heterocycles. The van der Waals surface area contributed by atoms with Crippen molar-refractivity contribution in [3.8, 4) is 0 Å². The second-order valence-electron chi connectivity index (χ2n) is 3.06. The number of rotatable bonds is 6. The maximum atomic E-state index is 11.1. The Labute approximate surface area is 97.5 Å². The minimum atomic E-state index is -0.0513. The molecule has 1 aromatic rings. The van der Waals surface area contributed by atoms with E-state index in [1.54, 1.807) is 0 Å². The average Bonchev–Trinajstić information content (AvgIpc) is 2.21. The molecule has 0 fully saturated rings. The fourth-order valence-corrected chi connectivity index (χ4v) is 1.49. The van der Waals surface area contributed by atoms with Crippen LogP contribution in [-0.2, 0) is 20.9 Å². The number of ether oxygens (including phenoxy) is 2. The maximum Gasteiger partial charge on any atom is 0.183 e. The van der Waals surface area contributed by atoms with Crippen LogP contribution in [0.2, 0.25) is 0 Å². The van der Waals surface area contributed by atoms with E-state index in [-0.39, 0.29) is 19.0 Å². The van der Waals surface area contributed by atoms with Crippen molar-refractivity contribution in [2.24, 2.45) is 0 Å². The number of methoxy groups -OCH3 is 1. The normalized spacial score (nSPS) is 10.3. The number of hydrogen-bond donors (Lipinski definition) is 0. The zero-order valence-electron chi connectivity index (χ0n) is 8.53. The van der Waals surface area contributed by atoms with Gasteiger partial charge in [0, 0.05) is 11.6 Å². The molecule has 0 radical (unpaired) electrons. The van der Waals surface area contributed by atoms with Gasteiger partial charge in [-0.05, 0) is 11.6 Å². The van der Waals surface area contributed by atoms with Gasteiger partial charge in [0.1, 0.15) is 13.2 Å². The lowest BCUT2D eigenvalue weighted by Crippen LogP contribution is -2.14. The van der Waals surface area contributed by atoms with E-state index in [2.05, 4.69) is 15.9 Å². The molecule has 0 bridgehead atoms. The third kappa shape index (κ3) is 4.55. The van der Waals surface area contributed by atoms with Crippen molar-refractivity contribution < 1.29 is 14.3 Å². The van der Waals surface area contributed by atoms with Crippen molar-refractivity contribution in [3.63, 3.8) is 0 Å². The minimum absolute atomic E-state index is 0.0513. The number of Topliss-reactive ketones (excluding diaryl/α,β-unsaturated/α-hetero) is 1. The van der Waals surface area contributed by atoms with Gasteiger partial charge in [0.25, 0.3) is 0 Å². The van der Waals surface area contributed by atoms with Crippen LogP contribution in [0.15, 0.2) is 28.7 Å². The number of halogens is 1. The Balaban J connectivity index is 2.32. The molecule has 3 nitrogen and oxygen atoms in total. The van der Waals surface area contributed by atoms with Crippen molar-refractivity contribution >= 4 is 21.7 Å². The average molecular weight is 273 g/mol. The van der Waals surface area contributed by atoms with E-state index < -0.39 is 0 Å². The Morgan fingerprint density at radius 2 is 2.07 bits per heavy atom. The Morgan fingerprint density at radius 3 is 2.73 bits per heavy atom. The van der Waals surface area contributed by atoms with Gasteiger partial charge in [0.2, 0.25) is 0 Å². The Kier molecular flexibility index (Phi) is 5.53. The summed E-state index contributed by atoms with van der Waals surface area (Å²) in [6.07, 6.45) is 0. The van der Waals surface area contributed by atoms with Crippen LogP contribution in [0.1, 0.15) is 5.56 Å². The van der Waals surface area contributed by atoms with Crippen molar-refractivity contribution in [1.82, 2.24) is 0 Å². The molecule has 1 rings (SSSR count). The summed E-state index contributed by atoms with van der Waals surface area (Å²) >= 11 is 3.40. The van der Waals surface area contributed by atoms with Gasteiger partial charge in [0.05, 0.1) is 6.61 Å². The lowest BCUT2D eigenvalue weighted by Gasteiger charge is -2.05. The molecular formula is C11H13BrO3. The van der Waals surface area contributed by atoms with E-state index >= 15 is 0 Å². The molecule has 0 aliphatic rings. The predicted octanol–water partition coefficient (Wildman–Crippen LogP) is 2.18. The summed E-state index contributed by atoms with van der Waals surface area (Å²) in [5, 5.41) is 0. The van der Waals surface area contributed by atoms with Gasteiger partial charge in [-0.15, -0.1) is 0 Å². The van der Waals surface area contributed by atoms with E-state index in [1.807, 2.05) is 24.3 Å². The molecule has 0 saturated carbocycles. The van der Waals surface area contributed by atoms with Gasteiger partial charge < -0.3 is 9.47 Å². The minimum Gasteiger partial charge on any atom is -0.377 e. The predicted molar refractivity (Wildman–Crippen MR) is 60.7 cm³/mol. The van der Waals surface area contributed by atoms with E-state index in [1.165, 1.54) is 7.11 Å². The Bertz CT molecular complexity index is 325. The van der Waals surface area contributed by atoms with Crippen LogP contribution in [0.4, 0.5) is 0 Å². The molecule has 4 heteroatoms. The maximum absolute atomic E-state index is 11.1. The van der Waals surface area contributed by atoms with E-state index in [4.69, 9.17) is 9.47 Å². The molecule has 0 aliphatic carbocycles. The first kappa shape index (κ1) is 12.4. The number of carbonyl (C=O) groups is 1. The molecule has 0 unspecified atom stereocenters. The third-order valence-electron chi connectivity index (χ3n) is 1.78. The molecule has 0 spiro atoms. The standard InChI is InChI=1S/C11H13BrO3/c1-14-7-10(13)8-15-6-9-4-2-3-5-11(9)12/h2-5H,6-8H2,1H3. The van der Waals surface area contributed by atoms with Crippen LogP contribution in [-0.4, -0.2) is 26.1 Å². The summed E-state index contributed by atoms with van der Waals surface area (Å²) in [5.41, 5.74) is 1.03. The van der Waals surface area contributed by atoms with Gasteiger partial charge >= 0.3 is 0 Å². The molecule has 0 amide bonds. The second-order valence-corrected chi connectivity index (χ2v) is 3.91. The molecule has 1 aromatic carbocycles. The molecule has 0 aliphatic heterocycles. The van der Waals surface area contributed by atoms with Crippen LogP contribution < -0.4 is 0 Å². The van der Waals surface area contributed by atoms with E-state index in [9.17, 15) is 4.79 Å². The largest absolute Gasteiger partial charge is 0.377 e. The highest BCUT2D eigenvalue weighted by molar-refractivity contribution is 9.10. The number of benzene rings is 1. The smallest absolute Gasteiger partial charge is 0.183 e. The molecule has 15 heavy (non-hydrogen) atoms. The van der Waals surface area contributed by atoms with Crippen molar-refractivity contribution in [1.29, 1.82) is 0 Å². The molecular weight excluding hydrogens is 260 g/mol. The summed E-state index contributed by atoms with van der Waals surface area (Å²) in [6, 6.07) is 7.75. The van der Waals surface area contributed by atoms with Gasteiger partial charge in [-0.2, -0.15) is 0 Å². The summed E-state index contributed by atoms with van der Waals surface area (Å²) < 4.78 is 10.9. The highest BCUT2D eigenvalue weighted by atomic mass is 79.9. The first-order valence-corrected chi connectivity index (χ1v) is 5.35. The van der Waals surface area contributed by atoms with Crippen LogP contribution in [0.5, 0.6) is 0 Å². The summed E-state index contributed by atoms with van der Waals surface area (Å²) in [4.78, 5) is 11.1. The zero-order chi connectivity index (χ0) is 11.1. The van der Waals surface area contributed by atoms with Crippen LogP contribution in [0.25, 0.3) is 0 Å². The van der Waals surface area contributed by atoms with Gasteiger partial charge in [0.15, 0.2) is 5.78 Å². The SMILES string of the molecule is COCC(=O)COCc1ccccc1Br. The molecule has 0 saturated heterocycles. The second kappa shape index (κ2) is 6.71. The molecule has 0 atom stereocenters. The highest BCUT2D eigenvalue weighted by Gasteiger charge is 2.02. The first-order valence-electron chi connectivity index (χ1n) is 4.56. The topological polar surface area (TPSA) is 35.5 Å². The fourth-order valence-electron chi connectivity index (χ4n) is 1.09. The van der Waals surface area contributed by atoms with Crippen LogP contribution in [0.3, 0.4) is 0 Å². The lowest BCUT2D eigenvalue weighted by atomic mass is 10.2. The zero-order valence-corrected chi connectivity index (χ0v) is 10.1. The Hall–Kier alpha value is -0.710. The third-order valence-corrected chi connectivity index (χ3v) is 2.56. The quantitative estimate of drug-likeness (QED) is 0.797. The molecule has 82 valence electrons. The van der Waals surface area contributed by atoms with E-state index in [0.717, 1.165) is 10.0 Å². The van der Waals surface area contributed by atoms with Gasteiger partial charge in [-0.3, -0.25) is 4.79 Å². The number of carbonyl (C=O) groups excluding carboxylic acids is 1. The van der Waals surface area contributed by atoms with Crippen LogP contribution in [0, 0.1) is 0 Å². The Morgan fingerprint density at radius 1 is 1.33 bits per heavy atom. The van der Waals surface area contributed by atoms with Gasteiger partial charge in [-0.25, -0.2) is 0 Å². The first-order chi connectivity index (χ1) is 7.24. The van der Waals surface area contributed by atoms with E-state index in [0.29, 0.717) is 6.61 Å². The van der Waals surface area contributed by atoms with Crippen molar-refractivity contribution in [3.05, 3.63) is 34.3 Å². The van der Waals surface area contributed by atoms with Crippen molar-refractivity contribution in [2.45, 2.75) is 6.61 Å². The van der Waals surface area contributed by atoms with Crippen LogP contribution >= 0.6 is 15.9 Å². The molecule has 0 N–H and O–H groups in total. The van der Waals surface area contributed by atoms with Gasteiger partial charge in [-0.1, -0.05) is 34.1 Å². The molecule has 0 aromatic heterocycles. The fraction of sp³-hybridized carbons (Fsp3) is 0.364. The van der Waals surface area contributed by atoms with Crippen molar-refractivity contribution in [2.75, 3.05) is 20.3 Å². The highest BCUT2D eigenvalue weighted by Crippen LogP contribution is 2.16.